The Morgan fingerprint density at radius 3 is 2.67 bits per heavy atom. The van der Waals surface area contributed by atoms with Gasteiger partial charge in [0.25, 0.3) is 0 Å². The molecule has 3 rings (SSSR count). The Kier molecular flexibility index (Phi) is 5.87. The third-order valence-electron chi connectivity index (χ3n) is 4.41. The molecule has 1 atom stereocenters. The van der Waals surface area contributed by atoms with E-state index in [9.17, 15) is 9.18 Å². The van der Waals surface area contributed by atoms with Gasteiger partial charge in [-0.3, -0.25) is 4.79 Å². The van der Waals surface area contributed by atoms with Crippen LogP contribution in [0, 0.1) is 18.7 Å². The summed E-state index contributed by atoms with van der Waals surface area (Å²) in [5.41, 5.74) is 2.47. The molecule has 1 unspecified atom stereocenters. The van der Waals surface area contributed by atoms with Gasteiger partial charge >= 0.3 is 0 Å². The van der Waals surface area contributed by atoms with E-state index in [1.165, 1.54) is 6.07 Å². The van der Waals surface area contributed by atoms with Crippen molar-refractivity contribution in [1.82, 2.24) is 4.98 Å². The highest BCUT2D eigenvalue weighted by Gasteiger charge is 2.21. The maximum absolute atomic E-state index is 13.9. The lowest BCUT2D eigenvalue weighted by Gasteiger charge is -2.18. The molecule has 27 heavy (non-hydrogen) atoms. The highest BCUT2D eigenvalue weighted by molar-refractivity contribution is 6.29. The average molecular weight is 383 g/mol. The maximum atomic E-state index is 13.9. The number of nitrogens with zero attached hydrogens (tertiary/aromatic N) is 1. The molecule has 0 spiro atoms. The van der Waals surface area contributed by atoms with Crippen molar-refractivity contribution in [1.29, 1.82) is 0 Å². The van der Waals surface area contributed by atoms with Crippen LogP contribution in [-0.4, -0.2) is 10.9 Å². The third kappa shape index (κ3) is 4.72. The minimum absolute atomic E-state index is 0.165. The third-order valence-corrected chi connectivity index (χ3v) is 4.56. The molecule has 0 bridgehead atoms. The van der Waals surface area contributed by atoms with Gasteiger partial charge in [0.15, 0.2) is 0 Å². The zero-order valence-corrected chi connectivity index (χ0v) is 15.8. The molecule has 3 aromatic rings. The number of allylic oxidation sites excluding steroid dienone is 1. The number of fused-ring (bicyclic) bond motifs is 1. The Hall–Kier alpha value is -2.72. The molecule has 0 saturated heterocycles. The summed E-state index contributed by atoms with van der Waals surface area (Å²) in [6.45, 7) is 5.47. The van der Waals surface area contributed by atoms with E-state index in [-0.39, 0.29) is 17.6 Å². The maximum Gasteiger partial charge on any atom is 0.228 e. The predicted molar refractivity (Wildman–Crippen MR) is 108 cm³/mol. The fraction of sp³-hybridized carbons (Fsp3) is 0.182. The molecule has 1 N–H and O–H groups in total. The summed E-state index contributed by atoms with van der Waals surface area (Å²) < 4.78 is 13.9. The molecular weight excluding hydrogens is 363 g/mol. The Bertz CT molecular complexity index is 988. The summed E-state index contributed by atoms with van der Waals surface area (Å²) in [5.74, 6) is -0.907. The first kappa shape index (κ1) is 19.1. The van der Waals surface area contributed by atoms with Crippen molar-refractivity contribution >= 4 is 34.1 Å². The van der Waals surface area contributed by atoms with Crippen molar-refractivity contribution in [3.05, 3.63) is 83.3 Å². The molecule has 2 aromatic carbocycles. The molecule has 138 valence electrons. The number of carbonyl (C=O) groups excluding carboxylic acids is 1. The molecule has 3 nitrogen and oxygen atoms in total. The van der Waals surface area contributed by atoms with E-state index in [0.717, 1.165) is 5.56 Å². The molecule has 1 aromatic heterocycles. The quantitative estimate of drug-likeness (QED) is 0.601. The van der Waals surface area contributed by atoms with E-state index in [1.807, 2.05) is 30.3 Å². The van der Waals surface area contributed by atoms with E-state index >= 15 is 0 Å². The Morgan fingerprint density at radius 2 is 1.96 bits per heavy atom. The second-order valence-corrected chi connectivity index (χ2v) is 7.06. The van der Waals surface area contributed by atoms with Crippen molar-refractivity contribution in [2.75, 3.05) is 5.32 Å². The van der Waals surface area contributed by atoms with Crippen LogP contribution in [-0.2, 0) is 11.2 Å². The number of hydrogen-bond acceptors (Lipinski definition) is 2. The fourth-order valence-electron chi connectivity index (χ4n) is 3.04. The molecule has 0 fully saturated rings. The molecule has 0 radical (unpaired) electrons. The Balaban J connectivity index is 1.85. The Labute approximate surface area is 162 Å². The highest BCUT2D eigenvalue weighted by atomic mass is 35.5. The lowest BCUT2D eigenvalue weighted by atomic mass is 9.95. The van der Waals surface area contributed by atoms with Gasteiger partial charge in [-0.2, -0.15) is 0 Å². The summed E-state index contributed by atoms with van der Waals surface area (Å²) >= 11 is 5.98. The SMILES string of the molecule is C=C(Cl)CC(Cc1ccccc1)C(=O)Nc1cc2cccc(F)c2nc1C. The average Bonchev–Trinajstić information content (AvgIpc) is 2.63. The first-order valence-corrected chi connectivity index (χ1v) is 9.06. The van der Waals surface area contributed by atoms with Gasteiger partial charge in [-0.25, -0.2) is 9.37 Å². The van der Waals surface area contributed by atoms with Gasteiger partial charge in [-0.15, -0.1) is 0 Å². The summed E-state index contributed by atoms with van der Waals surface area (Å²) in [5, 5.41) is 3.99. The minimum atomic E-state index is -0.381. The molecule has 0 aliphatic heterocycles. The van der Waals surface area contributed by atoms with Crippen molar-refractivity contribution < 1.29 is 9.18 Å². The number of pyridine rings is 1. The van der Waals surface area contributed by atoms with Crippen LogP contribution < -0.4 is 5.32 Å². The second kappa shape index (κ2) is 8.31. The number of nitrogens with one attached hydrogen (secondary N) is 1. The highest BCUT2D eigenvalue weighted by Crippen LogP contribution is 2.25. The van der Waals surface area contributed by atoms with Crippen molar-refractivity contribution in [3.63, 3.8) is 0 Å². The van der Waals surface area contributed by atoms with Crippen molar-refractivity contribution in [2.45, 2.75) is 19.8 Å². The molecule has 5 heteroatoms. The molecule has 1 heterocycles. The van der Waals surface area contributed by atoms with E-state index in [1.54, 1.807) is 25.1 Å². The van der Waals surface area contributed by atoms with Crippen LogP contribution in [0.4, 0.5) is 10.1 Å². The molecular formula is C22H20ClFN2O. The van der Waals surface area contributed by atoms with Gasteiger partial charge in [-0.1, -0.05) is 60.6 Å². The lowest BCUT2D eigenvalue weighted by molar-refractivity contribution is -0.119. The standard InChI is InChI=1S/C22H20ClFN2O/c1-14(23)11-18(12-16-7-4-3-5-8-16)22(27)26-20-13-17-9-6-10-19(24)21(17)25-15(20)2/h3-10,13,18H,1,11-12H2,2H3,(H,26,27). The number of rotatable bonds is 6. The van der Waals surface area contributed by atoms with Gasteiger partial charge in [0.1, 0.15) is 11.3 Å². The molecule has 1 amide bonds. The van der Waals surface area contributed by atoms with Crippen LogP contribution in [0.5, 0.6) is 0 Å². The van der Waals surface area contributed by atoms with Gasteiger partial charge in [0.05, 0.1) is 11.4 Å². The van der Waals surface area contributed by atoms with E-state index in [4.69, 9.17) is 11.6 Å². The van der Waals surface area contributed by atoms with Gasteiger partial charge in [-0.05, 0) is 37.5 Å². The molecule has 0 aliphatic carbocycles. The number of benzene rings is 2. The predicted octanol–water partition coefficient (Wildman–Crippen LogP) is 5.62. The number of aryl methyl sites for hydroxylation is 1. The second-order valence-electron chi connectivity index (χ2n) is 6.53. The number of para-hydroxylation sites is 1. The summed E-state index contributed by atoms with van der Waals surface area (Å²) in [6, 6.07) is 16.3. The lowest BCUT2D eigenvalue weighted by Crippen LogP contribution is -2.25. The minimum Gasteiger partial charge on any atom is -0.324 e. The largest absolute Gasteiger partial charge is 0.324 e. The van der Waals surface area contributed by atoms with Crippen LogP contribution >= 0.6 is 11.6 Å². The topological polar surface area (TPSA) is 42.0 Å². The van der Waals surface area contributed by atoms with Crippen LogP contribution in [0.2, 0.25) is 0 Å². The number of halogens is 2. The number of anilines is 1. The zero-order chi connectivity index (χ0) is 19.4. The molecule has 0 aliphatic rings. The van der Waals surface area contributed by atoms with Crippen LogP contribution in [0.3, 0.4) is 0 Å². The van der Waals surface area contributed by atoms with E-state index in [2.05, 4.69) is 16.9 Å². The fourth-order valence-corrected chi connectivity index (χ4v) is 3.23. The van der Waals surface area contributed by atoms with Gasteiger partial charge < -0.3 is 5.32 Å². The van der Waals surface area contributed by atoms with Crippen LogP contribution in [0.25, 0.3) is 10.9 Å². The van der Waals surface area contributed by atoms with Crippen molar-refractivity contribution in [3.8, 4) is 0 Å². The van der Waals surface area contributed by atoms with Crippen molar-refractivity contribution in [2.24, 2.45) is 5.92 Å². The van der Waals surface area contributed by atoms with Crippen LogP contribution in [0.15, 0.2) is 66.2 Å². The first-order valence-electron chi connectivity index (χ1n) is 8.68. The van der Waals surface area contributed by atoms with E-state index in [0.29, 0.717) is 40.2 Å². The summed E-state index contributed by atoms with van der Waals surface area (Å²) in [7, 11) is 0. The van der Waals surface area contributed by atoms with Crippen LogP contribution in [0.1, 0.15) is 17.7 Å². The monoisotopic (exact) mass is 382 g/mol. The number of aromatic nitrogens is 1. The number of carbonyl (C=O) groups is 1. The van der Waals surface area contributed by atoms with Gasteiger partial charge in [0, 0.05) is 16.3 Å². The van der Waals surface area contributed by atoms with E-state index < -0.39 is 0 Å². The smallest absolute Gasteiger partial charge is 0.228 e. The first-order chi connectivity index (χ1) is 12.9. The summed E-state index contributed by atoms with van der Waals surface area (Å²) in [6.07, 6.45) is 0.921. The molecule has 0 saturated carbocycles. The van der Waals surface area contributed by atoms with Gasteiger partial charge in [0.2, 0.25) is 5.91 Å². The normalized spacial score (nSPS) is 12.0. The Morgan fingerprint density at radius 1 is 1.22 bits per heavy atom. The zero-order valence-electron chi connectivity index (χ0n) is 15.0. The summed E-state index contributed by atoms with van der Waals surface area (Å²) in [4.78, 5) is 17.2. The number of amides is 1. The number of hydrogen-bond donors (Lipinski definition) is 1.